The summed E-state index contributed by atoms with van der Waals surface area (Å²) in [6, 6.07) is 14.3. The highest BCUT2D eigenvalue weighted by atomic mass is 16.1. The third kappa shape index (κ3) is 5.26. The number of amides is 1. The van der Waals surface area contributed by atoms with Crippen molar-refractivity contribution in [3.8, 4) is 0 Å². The molecule has 1 aromatic heterocycles. The summed E-state index contributed by atoms with van der Waals surface area (Å²) < 4.78 is 0. The summed E-state index contributed by atoms with van der Waals surface area (Å²) in [4.78, 5) is 16.5. The number of hydrogen-bond acceptors (Lipinski definition) is 5. The Morgan fingerprint density at radius 2 is 1.77 bits per heavy atom. The van der Waals surface area contributed by atoms with E-state index in [1.165, 1.54) is 5.56 Å². The molecule has 1 aromatic carbocycles. The van der Waals surface area contributed by atoms with E-state index in [2.05, 4.69) is 55.6 Å². The van der Waals surface area contributed by atoms with Crippen LogP contribution in [-0.4, -0.2) is 47.2 Å². The van der Waals surface area contributed by atoms with Crippen molar-refractivity contribution >= 4 is 17.5 Å². The fourth-order valence-corrected chi connectivity index (χ4v) is 3.10. The van der Waals surface area contributed by atoms with Gasteiger partial charge in [0.2, 0.25) is 5.91 Å². The number of aromatic nitrogens is 2. The lowest BCUT2D eigenvalue weighted by atomic mass is 10.1. The molecule has 1 amide bonds. The van der Waals surface area contributed by atoms with Crippen LogP contribution in [0.3, 0.4) is 0 Å². The highest BCUT2D eigenvalue weighted by Gasteiger charge is 2.18. The molecule has 0 bridgehead atoms. The minimum absolute atomic E-state index is 0.0171. The van der Waals surface area contributed by atoms with Gasteiger partial charge in [-0.05, 0) is 23.6 Å². The summed E-state index contributed by atoms with van der Waals surface area (Å²) in [6.45, 7) is 8.90. The molecule has 1 N–H and O–H groups in total. The van der Waals surface area contributed by atoms with E-state index in [9.17, 15) is 4.79 Å². The summed E-state index contributed by atoms with van der Waals surface area (Å²) in [5.41, 5.74) is 1.35. The lowest BCUT2D eigenvalue weighted by Crippen LogP contribution is -2.46. The number of nitrogens with zero attached hydrogens (tertiary/aromatic N) is 4. The van der Waals surface area contributed by atoms with Crippen molar-refractivity contribution in [2.24, 2.45) is 5.92 Å². The van der Waals surface area contributed by atoms with E-state index in [-0.39, 0.29) is 5.91 Å². The second-order valence-corrected chi connectivity index (χ2v) is 7.17. The summed E-state index contributed by atoms with van der Waals surface area (Å²) >= 11 is 0. The van der Waals surface area contributed by atoms with Crippen molar-refractivity contribution in [3.05, 3.63) is 48.0 Å². The third-order valence-electron chi connectivity index (χ3n) is 4.46. The Labute approximate surface area is 155 Å². The van der Waals surface area contributed by atoms with Gasteiger partial charge in [-0.1, -0.05) is 44.2 Å². The quantitative estimate of drug-likeness (QED) is 0.865. The smallest absolute Gasteiger partial charge is 0.225 e. The highest BCUT2D eigenvalue weighted by molar-refractivity contribution is 5.89. The maximum Gasteiger partial charge on any atom is 0.225 e. The van der Waals surface area contributed by atoms with Gasteiger partial charge in [0.1, 0.15) is 0 Å². The molecule has 2 aromatic rings. The Kier molecular flexibility index (Phi) is 6.17. The number of nitrogens with one attached hydrogen (secondary N) is 1. The lowest BCUT2D eigenvalue weighted by molar-refractivity contribution is -0.116. The van der Waals surface area contributed by atoms with Crippen LogP contribution < -0.4 is 10.2 Å². The first-order valence-electron chi connectivity index (χ1n) is 9.25. The first-order valence-corrected chi connectivity index (χ1v) is 9.25. The molecular weight excluding hydrogens is 326 g/mol. The van der Waals surface area contributed by atoms with Crippen LogP contribution in [0.1, 0.15) is 25.8 Å². The maximum atomic E-state index is 11.8. The number of carbonyl (C=O) groups excluding carboxylic acids is 1. The van der Waals surface area contributed by atoms with Gasteiger partial charge < -0.3 is 10.2 Å². The van der Waals surface area contributed by atoms with E-state index < -0.39 is 0 Å². The van der Waals surface area contributed by atoms with Gasteiger partial charge in [-0.25, -0.2) is 0 Å². The van der Waals surface area contributed by atoms with Gasteiger partial charge >= 0.3 is 0 Å². The molecule has 0 saturated carbocycles. The Hall–Kier alpha value is -2.47. The van der Waals surface area contributed by atoms with Crippen molar-refractivity contribution in [1.29, 1.82) is 0 Å². The Bertz CT molecular complexity index is 694. The largest absolute Gasteiger partial charge is 0.353 e. The fraction of sp³-hybridized carbons (Fsp3) is 0.450. The van der Waals surface area contributed by atoms with Gasteiger partial charge in [-0.2, -0.15) is 0 Å². The van der Waals surface area contributed by atoms with Crippen molar-refractivity contribution in [3.63, 3.8) is 0 Å². The molecule has 0 radical (unpaired) electrons. The van der Waals surface area contributed by atoms with E-state index in [0.717, 1.165) is 38.5 Å². The predicted molar refractivity (Wildman–Crippen MR) is 104 cm³/mol. The average Bonchev–Trinajstić information content (AvgIpc) is 2.63. The van der Waals surface area contributed by atoms with Crippen LogP contribution >= 0.6 is 0 Å². The highest BCUT2D eigenvalue weighted by Crippen LogP contribution is 2.16. The first-order chi connectivity index (χ1) is 12.6. The molecule has 6 heteroatoms. The van der Waals surface area contributed by atoms with E-state index in [1.54, 1.807) is 0 Å². The van der Waals surface area contributed by atoms with E-state index in [1.807, 2.05) is 26.0 Å². The summed E-state index contributed by atoms with van der Waals surface area (Å²) in [5, 5.41) is 11.2. The van der Waals surface area contributed by atoms with Crippen LogP contribution in [0.15, 0.2) is 42.5 Å². The topological polar surface area (TPSA) is 61.4 Å². The Balaban J connectivity index is 1.49. The van der Waals surface area contributed by atoms with E-state index >= 15 is 0 Å². The van der Waals surface area contributed by atoms with Gasteiger partial charge in [0, 0.05) is 39.1 Å². The molecule has 138 valence electrons. The van der Waals surface area contributed by atoms with Gasteiger partial charge in [-0.15, -0.1) is 10.2 Å². The summed E-state index contributed by atoms with van der Waals surface area (Å²) in [7, 11) is 0. The lowest BCUT2D eigenvalue weighted by Gasteiger charge is -2.35. The molecule has 1 aliphatic rings. The molecule has 1 saturated heterocycles. The number of piperazine rings is 1. The van der Waals surface area contributed by atoms with Crippen molar-refractivity contribution < 1.29 is 4.79 Å². The second kappa shape index (κ2) is 8.76. The van der Waals surface area contributed by atoms with E-state index in [0.29, 0.717) is 18.2 Å². The van der Waals surface area contributed by atoms with Crippen molar-refractivity contribution in [2.75, 3.05) is 36.4 Å². The van der Waals surface area contributed by atoms with Crippen LogP contribution in [0.4, 0.5) is 11.6 Å². The first kappa shape index (κ1) is 18.3. The molecule has 0 unspecified atom stereocenters. The molecule has 0 atom stereocenters. The molecule has 0 spiro atoms. The average molecular weight is 353 g/mol. The monoisotopic (exact) mass is 353 g/mol. The second-order valence-electron chi connectivity index (χ2n) is 7.17. The van der Waals surface area contributed by atoms with Gasteiger partial charge in [0.25, 0.3) is 0 Å². The number of rotatable bonds is 6. The van der Waals surface area contributed by atoms with Gasteiger partial charge in [0.05, 0.1) is 0 Å². The molecule has 1 fully saturated rings. The molecule has 2 heterocycles. The molecule has 0 aliphatic carbocycles. The minimum atomic E-state index is -0.0171. The molecular formula is C20H27N5O. The molecule has 26 heavy (non-hydrogen) atoms. The fourth-order valence-electron chi connectivity index (χ4n) is 3.10. The number of carbonyl (C=O) groups is 1. The third-order valence-corrected chi connectivity index (χ3v) is 4.46. The number of anilines is 2. The summed E-state index contributed by atoms with van der Waals surface area (Å²) in [6.07, 6.45) is 0.493. The molecule has 6 nitrogen and oxygen atoms in total. The van der Waals surface area contributed by atoms with Gasteiger partial charge in [-0.3, -0.25) is 9.69 Å². The van der Waals surface area contributed by atoms with E-state index in [4.69, 9.17) is 0 Å². The van der Waals surface area contributed by atoms with Crippen LogP contribution in [-0.2, 0) is 11.3 Å². The van der Waals surface area contributed by atoms with Crippen LogP contribution in [0.2, 0.25) is 0 Å². The maximum absolute atomic E-state index is 11.8. The zero-order valence-corrected chi connectivity index (χ0v) is 15.6. The normalized spacial score (nSPS) is 15.3. The Morgan fingerprint density at radius 1 is 1.04 bits per heavy atom. The number of benzene rings is 1. The SMILES string of the molecule is CC(C)CC(=O)Nc1ccc(N2CCN(Cc3ccccc3)CC2)nn1. The van der Waals surface area contributed by atoms with Crippen LogP contribution in [0.5, 0.6) is 0 Å². The van der Waals surface area contributed by atoms with Gasteiger partial charge in [0.15, 0.2) is 11.6 Å². The molecule has 1 aliphatic heterocycles. The van der Waals surface area contributed by atoms with Crippen molar-refractivity contribution in [1.82, 2.24) is 15.1 Å². The molecule has 3 rings (SSSR count). The minimum Gasteiger partial charge on any atom is -0.353 e. The standard InChI is InChI=1S/C20H27N5O/c1-16(2)14-20(26)21-18-8-9-19(23-22-18)25-12-10-24(11-13-25)15-17-6-4-3-5-7-17/h3-9,16H,10-15H2,1-2H3,(H,21,22,26). The van der Waals surface area contributed by atoms with Crippen LogP contribution in [0, 0.1) is 5.92 Å². The zero-order valence-electron chi connectivity index (χ0n) is 15.6. The summed E-state index contributed by atoms with van der Waals surface area (Å²) in [5.74, 6) is 1.69. The zero-order chi connectivity index (χ0) is 18.4. The number of hydrogen-bond donors (Lipinski definition) is 1. The predicted octanol–water partition coefficient (Wildman–Crippen LogP) is 2.78. The van der Waals surface area contributed by atoms with Crippen LogP contribution in [0.25, 0.3) is 0 Å². The Morgan fingerprint density at radius 3 is 2.38 bits per heavy atom. The van der Waals surface area contributed by atoms with Crippen molar-refractivity contribution in [2.45, 2.75) is 26.8 Å².